The molecule has 0 spiro atoms. The highest BCUT2D eigenvalue weighted by molar-refractivity contribution is 5.89. The molecule has 0 radical (unpaired) electrons. The van der Waals surface area contributed by atoms with E-state index in [1.165, 1.54) is 16.7 Å². The third-order valence-corrected chi connectivity index (χ3v) is 7.56. The van der Waals surface area contributed by atoms with Crippen LogP contribution >= 0.6 is 0 Å². The van der Waals surface area contributed by atoms with Crippen LogP contribution in [0.5, 0.6) is 0 Å². The molecule has 1 fully saturated rings. The molecular weight excluding hydrogens is 450 g/mol. The van der Waals surface area contributed by atoms with E-state index < -0.39 is 5.54 Å². The minimum Gasteiger partial charge on any atom is -0.358 e. The lowest BCUT2D eigenvalue weighted by molar-refractivity contribution is -0.134. The Morgan fingerprint density at radius 2 is 1.86 bits per heavy atom. The molecule has 7 nitrogen and oxygen atoms in total. The van der Waals surface area contributed by atoms with Gasteiger partial charge in [-0.25, -0.2) is 0 Å². The Labute approximate surface area is 212 Å². The number of carbonyl (C=O) groups is 2. The van der Waals surface area contributed by atoms with Crippen LogP contribution < -0.4 is 16.0 Å². The summed E-state index contributed by atoms with van der Waals surface area (Å²) in [6.45, 7) is 4.64. The smallest absolute Gasteiger partial charge is 0.240 e. The van der Waals surface area contributed by atoms with Crippen molar-refractivity contribution in [2.75, 3.05) is 13.6 Å². The molecule has 3 N–H and O–H groups in total. The molecule has 3 aromatic rings. The summed E-state index contributed by atoms with van der Waals surface area (Å²) in [7, 11) is 1.69. The van der Waals surface area contributed by atoms with Crippen molar-refractivity contribution < 1.29 is 9.59 Å². The fourth-order valence-electron chi connectivity index (χ4n) is 5.10. The highest BCUT2D eigenvalue weighted by atomic mass is 16.2. The van der Waals surface area contributed by atoms with Crippen molar-refractivity contribution in [3.8, 4) is 0 Å². The highest BCUT2D eigenvalue weighted by Crippen LogP contribution is 2.36. The first kappa shape index (κ1) is 24.4. The molecule has 1 aliphatic carbocycles. The molecule has 36 heavy (non-hydrogen) atoms. The van der Waals surface area contributed by atoms with Crippen LogP contribution in [0.2, 0.25) is 0 Å². The molecule has 2 amide bonds. The minimum absolute atomic E-state index is 0.0742. The number of aromatic nitrogens is 1. The summed E-state index contributed by atoms with van der Waals surface area (Å²) in [4.78, 5) is 32.0. The van der Waals surface area contributed by atoms with Gasteiger partial charge in [-0.3, -0.25) is 19.9 Å². The molecule has 2 aliphatic rings. The molecule has 188 valence electrons. The van der Waals surface area contributed by atoms with Crippen LogP contribution in [0.3, 0.4) is 0 Å². The van der Waals surface area contributed by atoms with Crippen LogP contribution in [0, 0.1) is 0 Å². The second-order valence-electron chi connectivity index (χ2n) is 9.99. The number of fused-ring (bicyclic) bond motifs is 2. The first-order valence-electron chi connectivity index (χ1n) is 12.9. The maximum Gasteiger partial charge on any atom is 0.240 e. The van der Waals surface area contributed by atoms with Crippen molar-refractivity contribution >= 4 is 22.6 Å². The second kappa shape index (κ2) is 10.4. The van der Waals surface area contributed by atoms with Crippen LogP contribution in [0.25, 0.3) is 10.8 Å². The van der Waals surface area contributed by atoms with E-state index in [4.69, 9.17) is 0 Å². The fraction of sp³-hybridized carbons (Fsp3) is 0.414. The number of amides is 2. The summed E-state index contributed by atoms with van der Waals surface area (Å²) >= 11 is 0. The van der Waals surface area contributed by atoms with E-state index in [9.17, 15) is 9.59 Å². The number of hydrogen-bond acceptors (Lipinski definition) is 5. The highest BCUT2D eigenvalue weighted by Gasteiger charge is 2.48. The zero-order valence-electron chi connectivity index (χ0n) is 21.1. The largest absolute Gasteiger partial charge is 0.358 e. The topological polar surface area (TPSA) is 86.4 Å². The van der Waals surface area contributed by atoms with E-state index in [1.54, 1.807) is 7.05 Å². The molecule has 7 heteroatoms. The molecule has 1 aliphatic heterocycles. The first-order valence-corrected chi connectivity index (χ1v) is 12.9. The van der Waals surface area contributed by atoms with Gasteiger partial charge >= 0.3 is 0 Å². The van der Waals surface area contributed by atoms with Gasteiger partial charge in [0.15, 0.2) is 0 Å². The van der Waals surface area contributed by atoms with Crippen LogP contribution in [0.15, 0.2) is 54.7 Å². The number of carbonyl (C=O) groups excluding carboxylic acids is 2. The van der Waals surface area contributed by atoms with Crippen LogP contribution in [0.4, 0.5) is 0 Å². The van der Waals surface area contributed by atoms with E-state index in [0.717, 1.165) is 48.7 Å². The third kappa shape index (κ3) is 5.13. The summed E-state index contributed by atoms with van der Waals surface area (Å²) in [5.41, 5.74) is 4.23. The lowest BCUT2D eigenvalue weighted by Crippen LogP contribution is -2.47. The molecule has 2 aromatic carbocycles. The Morgan fingerprint density at radius 3 is 2.61 bits per heavy atom. The summed E-state index contributed by atoms with van der Waals surface area (Å²) in [5, 5.41) is 11.9. The SMILES string of the molecule is CC[C@H](NCc1cc2ccccc2cn1)C(=O)N1CCc2cc(CNC3(C(=O)NC)CC3)ccc2C1. The molecule has 5 rings (SSSR count). The van der Waals surface area contributed by atoms with Crippen LogP contribution in [-0.4, -0.2) is 46.9 Å². The summed E-state index contributed by atoms with van der Waals surface area (Å²) in [6.07, 6.45) is 5.24. The minimum atomic E-state index is -0.390. The van der Waals surface area contributed by atoms with Gasteiger partial charge in [0.1, 0.15) is 0 Å². The van der Waals surface area contributed by atoms with Gasteiger partial charge in [0.2, 0.25) is 11.8 Å². The number of likely N-dealkylation sites (N-methyl/N-ethyl adjacent to an activating group) is 1. The maximum absolute atomic E-state index is 13.3. The van der Waals surface area contributed by atoms with E-state index in [0.29, 0.717) is 19.6 Å². The Hall–Kier alpha value is -3.29. The molecule has 1 saturated carbocycles. The van der Waals surface area contributed by atoms with Gasteiger partial charge in [0.25, 0.3) is 0 Å². The van der Waals surface area contributed by atoms with Crippen molar-refractivity contribution in [2.24, 2.45) is 0 Å². The second-order valence-corrected chi connectivity index (χ2v) is 9.99. The van der Waals surface area contributed by atoms with E-state index >= 15 is 0 Å². The molecule has 1 aromatic heterocycles. The molecule has 0 saturated heterocycles. The van der Waals surface area contributed by atoms with Gasteiger partial charge in [-0.1, -0.05) is 49.4 Å². The predicted molar refractivity (Wildman–Crippen MR) is 141 cm³/mol. The van der Waals surface area contributed by atoms with Gasteiger partial charge in [0, 0.05) is 44.8 Å². The van der Waals surface area contributed by atoms with Gasteiger partial charge in [-0.15, -0.1) is 0 Å². The number of pyridine rings is 1. The quantitative estimate of drug-likeness (QED) is 0.434. The van der Waals surface area contributed by atoms with E-state index in [-0.39, 0.29) is 17.9 Å². The Bertz CT molecular complexity index is 1270. The number of benzene rings is 2. The van der Waals surface area contributed by atoms with Crippen molar-refractivity contribution in [1.29, 1.82) is 0 Å². The molecule has 1 atom stereocenters. The van der Waals surface area contributed by atoms with E-state index in [2.05, 4.69) is 57.3 Å². The number of nitrogens with one attached hydrogen (secondary N) is 3. The average molecular weight is 486 g/mol. The lowest BCUT2D eigenvalue weighted by Gasteiger charge is -2.32. The third-order valence-electron chi connectivity index (χ3n) is 7.56. The van der Waals surface area contributed by atoms with Crippen LogP contribution in [-0.2, 0) is 35.6 Å². The van der Waals surface area contributed by atoms with Crippen molar-refractivity contribution in [1.82, 2.24) is 25.8 Å². The number of hydrogen-bond donors (Lipinski definition) is 3. The Balaban J connectivity index is 1.18. The Morgan fingerprint density at radius 1 is 1.06 bits per heavy atom. The van der Waals surface area contributed by atoms with Gasteiger partial charge < -0.3 is 15.5 Å². The molecule has 2 heterocycles. The van der Waals surface area contributed by atoms with Crippen molar-refractivity contribution in [3.63, 3.8) is 0 Å². The average Bonchev–Trinajstić information content (AvgIpc) is 3.72. The number of nitrogens with zero attached hydrogens (tertiary/aromatic N) is 2. The standard InChI is InChI=1S/C29H35N5O2/c1-3-26(32-18-25-15-21-6-4-5-7-23(21)17-31-25)27(35)34-13-10-22-14-20(8-9-24(22)19-34)16-33-29(11-12-29)28(36)30-2/h4-9,14-15,17,26,32-33H,3,10-13,16,18-19H2,1-2H3,(H,30,36)/t26-/m0/s1. The van der Waals surface area contributed by atoms with Crippen molar-refractivity contribution in [2.45, 2.75) is 63.8 Å². The van der Waals surface area contributed by atoms with Crippen molar-refractivity contribution in [3.05, 3.63) is 77.1 Å². The first-order chi connectivity index (χ1) is 17.5. The van der Waals surface area contributed by atoms with Gasteiger partial charge in [-0.2, -0.15) is 0 Å². The monoisotopic (exact) mass is 485 g/mol. The number of rotatable bonds is 9. The molecule has 0 unspecified atom stereocenters. The fourth-order valence-corrected chi connectivity index (χ4v) is 5.10. The summed E-state index contributed by atoms with van der Waals surface area (Å²) < 4.78 is 0. The molecule has 0 bridgehead atoms. The molecular formula is C29H35N5O2. The Kier molecular flexibility index (Phi) is 7.03. The summed E-state index contributed by atoms with van der Waals surface area (Å²) in [5.74, 6) is 0.223. The lowest BCUT2D eigenvalue weighted by atomic mass is 9.96. The predicted octanol–water partition coefficient (Wildman–Crippen LogP) is 3.06. The van der Waals surface area contributed by atoms with E-state index in [1.807, 2.05) is 30.2 Å². The normalized spacial score (nSPS) is 16.9. The van der Waals surface area contributed by atoms with Crippen LogP contribution in [0.1, 0.15) is 48.6 Å². The van der Waals surface area contributed by atoms with Gasteiger partial charge in [0.05, 0.1) is 17.3 Å². The zero-order valence-corrected chi connectivity index (χ0v) is 21.1. The zero-order chi connectivity index (χ0) is 25.1. The maximum atomic E-state index is 13.3. The van der Waals surface area contributed by atoms with Gasteiger partial charge in [-0.05, 0) is 53.8 Å². The summed E-state index contributed by atoms with van der Waals surface area (Å²) in [6, 6.07) is 16.5.